The highest BCUT2D eigenvalue weighted by molar-refractivity contribution is 14.1. The second-order valence-corrected chi connectivity index (χ2v) is 20.2. The number of carbonyl (C=O) groups is 4. The lowest BCUT2D eigenvalue weighted by atomic mass is 10.1. The van der Waals surface area contributed by atoms with Gasteiger partial charge in [0.05, 0.1) is 32.5 Å². The van der Waals surface area contributed by atoms with Crippen LogP contribution in [0.3, 0.4) is 0 Å². The largest absolute Gasteiger partial charge is 0.756 e. The van der Waals surface area contributed by atoms with Crippen LogP contribution in [-0.4, -0.2) is 94.9 Å². The summed E-state index contributed by atoms with van der Waals surface area (Å²) in [6.45, 7) is -2.13. The zero-order valence-corrected chi connectivity index (χ0v) is 42.0. The number of ether oxygens (including phenoxy) is 2. The molecule has 2 amide bonds. The first-order valence-corrected chi connectivity index (χ1v) is 23.2. The van der Waals surface area contributed by atoms with E-state index in [1.54, 1.807) is 0 Å². The maximum absolute atomic E-state index is 12.6. The zero-order valence-electron chi connectivity index (χ0n) is 28.2. The van der Waals surface area contributed by atoms with Crippen LogP contribution >= 0.6 is 143 Å². The van der Waals surface area contributed by atoms with Crippen LogP contribution < -0.4 is 27.0 Å². The van der Waals surface area contributed by atoms with Crippen molar-refractivity contribution in [2.45, 2.75) is 31.8 Å². The molecular weight excluding hydrogens is 1380 g/mol. The number of esters is 2. The number of amides is 2. The van der Waals surface area contributed by atoms with E-state index in [1.165, 1.54) is 0 Å². The summed E-state index contributed by atoms with van der Waals surface area (Å²) in [4.78, 5) is 62.4. The first-order valence-electron chi connectivity index (χ1n) is 15.2. The molecule has 15 nitrogen and oxygen atoms in total. The topological polar surface area (TPSA) is 221 Å². The van der Waals surface area contributed by atoms with E-state index in [-0.39, 0.29) is 19.4 Å². The molecule has 0 aromatic heterocycles. The van der Waals surface area contributed by atoms with Gasteiger partial charge in [0.15, 0.2) is 0 Å². The van der Waals surface area contributed by atoms with E-state index >= 15 is 0 Å². The summed E-state index contributed by atoms with van der Waals surface area (Å²) in [6.07, 6.45) is -0.514. The molecule has 0 saturated heterocycles. The molecule has 2 aromatic carbocycles. The summed E-state index contributed by atoms with van der Waals surface area (Å²) >= 11 is 12.9. The van der Waals surface area contributed by atoms with E-state index < -0.39 is 64.0 Å². The highest BCUT2D eigenvalue weighted by atomic mass is 127. The number of phosphoric acid groups is 1. The summed E-state index contributed by atoms with van der Waals surface area (Å²) in [6, 6.07) is 3.85. The molecule has 2 rings (SSSR count). The molecule has 6 N–H and O–H groups in total. The van der Waals surface area contributed by atoms with E-state index in [0.717, 1.165) is 32.5 Å². The van der Waals surface area contributed by atoms with E-state index in [4.69, 9.17) is 30.0 Å². The van der Waals surface area contributed by atoms with Gasteiger partial charge in [0.1, 0.15) is 45.6 Å². The lowest BCUT2D eigenvalue weighted by Gasteiger charge is -2.29. The normalized spacial score (nSPS) is 12.7. The van der Waals surface area contributed by atoms with Crippen LogP contribution in [0.5, 0.6) is 0 Å². The Hall–Kier alpha value is 0.370. The number of phosphoric ester groups is 1. The van der Waals surface area contributed by atoms with Crippen molar-refractivity contribution in [1.82, 2.24) is 10.6 Å². The summed E-state index contributed by atoms with van der Waals surface area (Å²) in [7, 11) is 0.610. The van der Waals surface area contributed by atoms with E-state index in [1.807, 2.05) is 33.3 Å². The maximum atomic E-state index is 12.6. The number of hydrogen-bond donors (Lipinski definition) is 4. The predicted molar refractivity (Wildman–Crippen MR) is 244 cm³/mol. The molecule has 1 unspecified atom stereocenters. The van der Waals surface area contributed by atoms with Gasteiger partial charge in [-0.25, -0.2) is 0 Å². The molecule has 2 aromatic rings. The van der Waals surface area contributed by atoms with Gasteiger partial charge in [-0.05, 0) is 172 Å². The number of nitrogens with one attached hydrogen (secondary N) is 2. The monoisotopic (exact) mass is 1420 g/mol. The van der Waals surface area contributed by atoms with Gasteiger partial charge in [-0.1, -0.05) is 0 Å². The Bertz CT molecular complexity index is 1580. The minimum Gasteiger partial charge on any atom is -0.756 e. The number of rotatable bonds is 20. The number of likely N-dealkylation sites (N-methyl/N-ethyl adjacent to an activating group) is 1. The maximum Gasteiger partial charge on any atom is 0.325 e. The minimum absolute atomic E-state index is 0.0838. The molecule has 0 aliphatic carbocycles. The molecule has 0 aliphatic rings. The molecule has 290 valence electrons. The first-order chi connectivity index (χ1) is 24.1. The van der Waals surface area contributed by atoms with Crippen LogP contribution in [0.1, 0.15) is 24.0 Å². The van der Waals surface area contributed by atoms with Crippen LogP contribution in [0.15, 0.2) is 12.1 Å². The molecule has 0 saturated carbocycles. The third kappa shape index (κ3) is 17.7. The van der Waals surface area contributed by atoms with Crippen LogP contribution in [0.2, 0.25) is 0 Å². The van der Waals surface area contributed by atoms with Crippen LogP contribution in [-0.2, 0) is 55.1 Å². The van der Waals surface area contributed by atoms with Gasteiger partial charge in [0.25, 0.3) is 7.82 Å². The predicted octanol–water partition coefficient (Wildman–Crippen LogP) is 3.94. The number of hydrogen-bond acceptors (Lipinski definition) is 12. The van der Waals surface area contributed by atoms with Crippen molar-refractivity contribution in [3.05, 3.63) is 44.7 Å². The van der Waals surface area contributed by atoms with Gasteiger partial charge in [0.2, 0.25) is 11.8 Å². The molecule has 0 spiro atoms. The smallest absolute Gasteiger partial charge is 0.325 e. The van der Waals surface area contributed by atoms with Gasteiger partial charge in [-0.2, -0.15) is 0 Å². The van der Waals surface area contributed by atoms with Crippen molar-refractivity contribution in [1.29, 1.82) is 0 Å². The lowest BCUT2D eigenvalue weighted by molar-refractivity contribution is -0.870. The van der Waals surface area contributed by atoms with E-state index in [0.29, 0.717) is 35.2 Å². The molecule has 1 atom stereocenters. The number of nitrogens with zero attached hydrogens (tertiary/aromatic N) is 1. The molecule has 22 heteroatoms. The minimum atomic E-state index is -4.93. The van der Waals surface area contributed by atoms with Gasteiger partial charge >= 0.3 is 11.9 Å². The second kappa shape index (κ2) is 22.9. The van der Waals surface area contributed by atoms with Crippen molar-refractivity contribution >= 4 is 178 Å². The van der Waals surface area contributed by atoms with Crippen molar-refractivity contribution in [3.8, 4) is 0 Å². The summed E-state index contributed by atoms with van der Waals surface area (Å²) in [5, 5.41) is 4.95. The fourth-order valence-corrected chi connectivity index (χ4v) is 12.6. The van der Waals surface area contributed by atoms with Gasteiger partial charge in [-0.15, -0.1) is 0 Å². The van der Waals surface area contributed by atoms with Crippen LogP contribution in [0.25, 0.3) is 0 Å². The highest BCUT2D eigenvalue weighted by Crippen LogP contribution is 2.40. The molecule has 0 heterocycles. The molecule has 0 aliphatic heterocycles. The Balaban J connectivity index is 1.91. The number of nitrogens with two attached hydrogens (primary N) is 2. The fraction of sp³-hybridized carbons (Fsp3) is 0.467. The van der Waals surface area contributed by atoms with Gasteiger partial charge in [0, 0.05) is 34.3 Å². The number of halogens is 6. The third-order valence-electron chi connectivity index (χ3n) is 6.81. The SMILES string of the molecule is C[N+](C)(C)CCOP(=O)([O-])OC(COC(=O)CNC(=O)CCc1c(I)cc(I)c(N)c1I)COC(=O)CNC(=O)CCc1c(I)cc(I)c(N)c1I. The standard InChI is InChI=1S/C30H38I6N5O10P/c1-41(2,3)8-9-50-52(46,47)51-16(14-48-25(44)12-39-23(42)6-4-17-19(31)10-21(33)29(37)27(17)35)15-49-26(45)13-40-24(43)7-5-18-20(32)11-22(34)30(38)28(18)36/h10-11,16H,4-9,12-15,37-38H2,1-3H3,(H2-,39,40,42,43,46,47). The summed E-state index contributed by atoms with van der Waals surface area (Å²) in [5.41, 5.74) is 15.4. The number of benzene rings is 2. The molecule has 52 heavy (non-hydrogen) atoms. The first kappa shape index (κ1) is 48.5. The third-order valence-corrected chi connectivity index (χ3v) is 14.0. The van der Waals surface area contributed by atoms with E-state index in [2.05, 4.69) is 146 Å². The Morgan fingerprint density at radius 1 is 0.769 bits per heavy atom. The van der Waals surface area contributed by atoms with Crippen LogP contribution in [0, 0.1) is 21.4 Å². The van der Waals surface area contributed by atoms with Crippen LogP contribution in [0.4, 0.5) is 11.4 Å². The number of quaternary nitrogens is 1. The number of anilines is 2. The van der Waals surface area contributed by atoms with Crippen molar-refractivity contribution < 1.29 is 51.6 Å². The fourth-order valence-electron chi connectivity index (χ4n) is 3.97. The average molecular weight is 1420 g/mol. The Morgan fingerprint density at radius 2 is 1.17 bits per heavy atom. The van der Waals surface area contributed by atoms with Gasteiger partial charge in [-0.3, -0.25) is 23.7 Å². The zero-order chi connectivity index (χ0) is 39.4. The summed E-state index contributed by atoms with van der Waals surface area (Å²) < 4.78 is 38.8. The van der Waals surface area contributed by atoms with Crippen molar-refractivity contribution in [3.63, 3.8) is 0 Å². The quantitative estimate of drug-likeness (QED) is 0.0487. The molecule has 0 radical (unpaired) electrons. The lowest BCUT2D eigenvalue weighted by Crippen LogP contribution is -2.38. The molecule has 0 bridgehead atoms. The van der Waals surface area contributed by atoms with Gasteiger partial charge < -0.3 is 50.0 Å². The molecule has 0 fully saturated rings. The van der Waals surface area contributed by atoms with Crippen molar-refractivity contribution in [2.24, 2.45) is 0 Å². The number of carbonyl (C=O) groups excluding carboxylic acids is 4. The Morgan fingerprint density at radius 3 is 1.56 bits per heavy atom. The van der Waals surface area contributed by atoms with Crippen molar-refractivity contribution in [2.75, 3.05) is 72.1 Å². The Kier molecular flexibility index (Phi) is 21.4. The second-order valence-electron chi connectivity index (χ2n) is 12.0. The van der Waals surface area contributed by atoms with E-state index in [9.17, 15) is 28.6 Å². The average Bonchev–Trinajstić information content (AvgIpc) is 3.04. The molecular formula is C30H38I6N5O10P. The number of nitrogen functional groups attached to an aromatic ring is 2. The highest BCUT2D eigenvalue weighted by Gasteiger charge is 2.24. The summed E-state index contributed by atoms with van der Waals surface area (Å²) in [5.74, 6) is -2.58. The Labute approximate surface area is 384 Å².